The molecule has 0 saturated carbocycles. The first-order valence-corrected chi connectivity index (χ1v) is 4.49. The molecule has 0 radical (unpaired) electrons. The van der Waals surface area contributed by atoms with E-state index in [4.69, 9.17) is 16.3 Å². The maximum atomic E-state index is 12.5. The molecule has 0 amide bonds. The van der Waals surface area contributed by atoms with Crippen LogP contribution in [0.25, 0.3) is 0 Å². The maximum absolute atomic E-state index is 12.5. The van der Waals surface area contributed by atoms with E-state index < -0.39 is 28.6 Å². The minimum atomic E-state index is -4.76. The second kappa shape index (κ2) is 4.59. The van der Waals surface area contributed by atoms with Crippen LogP contribution in [0.15, 0.2) is 22.1 Å². The van der Waals surface area contributed by atoms with Crippen LogP contribution in [0.4, 0.5) is 13.2 Å². The van der Waals surface area contributed by atoms with Crippen LogP contribution in [0.5, 0.6) is 0 Å². The van der Waals surface area contributed by atoms with Gasteiger partial charge in [-0.2, -0.15) is 13.2 Å². The molecule has 4 nitrogen and oxygen atoms in total. The van der Waals surface area contributed by atoms with E-state index in [1.165, 1.54) is 12.9 Å². The molecule has 0 bridgehead atoms. The number of carbonyl (C=O) groups excluding carboxylic acids is 1. The SMILES string of the molecule is CCOC1=C(C(F)(F)F)N=C(Cl)NC1=C=O. The highest BCUT2D eigenvalue weighted by molar-refractivity contribution is 6.65. The van der Waals surface area contributed by atoms with Crippen molar-refractivity contribution in [3.8, 4) is 0 Å². The van der Waals surface area contributed by atoms with Gasteiger partial charge in [-0.3, -0.25) is 0 Å². The van der Waals surface area contributed by atoms with Gasteiger partial charge < -0.3 is 10.1 Å². The van der Waals surface area contributed by atoms with Gasteiger partial charge in [0.2, 0.25) is 5.29 Å². The van der Waals surface area contributed by atoms with Crippen LogP contribution in [0.1, 0.15) is 6.92 Å². The normalized spacial score (nSPS) is 16.6. The zero-order valence-corrected chi connectivity index (χ0v) is 8.74. The molecule has 0 aromatic rings. The van der Waals surface area contributed by atoms with Crippen LogP contribution < -0.4 is 5.32 Å². The average Bonchev–Trinajstić information content (AvgIpc) is 2.18. The molecule has 88 valence electrons. The summed E-state index contributed by atoms with van der Waals surface area (Å²) in [5.41, 5.74) is -1.87. The molecule has 16 heavy (non-hydrogen) atoms. The number of hydrogen-bond acceptors (Lipinski definition) is 4. The number of halogens is 4. The summed E-state index contributed by atoms with van der Waals surface area (Å²) < 4.78 is 42.3. The quantitative estimate of drug-likeness (QED) is 0.603. The summed E-state index contributed by atoms with van der Waals surface area (Å²) in [5.74, 6) is 0.579. The van der Waals surface area contributed by atoms with Crippen molar-refractivity contribution in [3.05, 3.63) is 17.2 Å². The molecule has 0 unspecified atom stereocenters. The predicted molar refractivity (Wildman–Crippen MR) is 50.3 cm³/mol. The lowest BCUT2D eigenvalue weighted by Gasteiger charge is -2.19. The van der Waals surface area contributed by atoms with Crippen molar-refractivity contribution in [2.75, 3.05) is 6.61 Å². The number of alkyl halides is 3. The Hall–Kier alpha value is -1.46. The van der Waals surface area contributed by atoms with Crippen LogP contribution in [0.2, 0.25) is 0 Å². The smallest absolute Gasteiger partial charge is 0.437 e. The van der Waals surface area contributed by atoms with Gasteiger partial charge in [-0.1, -0.05) is 0 Å². The Bertz CT molecular complexity index is 408. The van der Waals surface area contributed by atoms with E-state index in [1.54, 1.807) is 0 Å². The molecule has 1 heterocycles. The van der Waals surface area contributed by atoms with Crippen LogP contribution in [0, 0.1) is 0 Å². The number of amidine groups is 1. The summed E-state index contributed by atoms with van der Waals surface area (Å²) >= 11 is 5.31. The van der Waals surface area contributed by atoms with Crippen molar-refractivity contribution in [1.82, 2.24) is 5.32 Å². The molecule has 0 saturated heterocycles. The fourth-order valence-corrected chi connectivity index (χ4v) is 1.18. The third-order valence-electron chi connectivity index (χ3n) is 1.54. The lowest BCUT2D eigenvalue weighted by Crippen LogP contribution is -2.30. The van der Waals surface area contributed by atoms with E-state index in [2.05, 4.69) is 10.3 Å². The first-order chi connectivity index (χ1) is 7.40. The standard InChI is InChI=1S/C8H6ClF3N2O2/c1-2-16-5-4(3-15)13-7(9)14-6(5)8(10,11)12/h2H2,1H3,(H,13,14). The summed E-state index contributed by atoms with van der Waals surface area (Å²) in [6.07, 6.45) is -4.76. The van der Waals surface area contributed by atoms with E-state index in [1.807, 2.05) is 0 Å². The van der Waals surface area contributed by atoms with Gasteiger partial charge in [0.25, 0.3) is 0 Å². The largest absolute Gasteiger partial charge is 0.489 e. The van der Waals surface area contributed by atoms with E-state index in [-0.39, 0.29) is 6.61 Å². The first-order valence-electron chi connectivity index (χ1n) is 4.11. The third kappa shape index (κ3) is 2.56. The number of allylic oxidation sites excluding steroid dienone is 1. The van der Waals surface area contributed by atoms with Crippen molar-refractivity contribution in [1.29, 1.82) is 0 Å². The fourth-order valence-electron chi connectivity index (χ4n) is 1.00. The molecule has 8 heteroatoms. The Labute approximate surface area is 93.4 Å². The van der Waals surface area contributed by atoms with Gasteiger partial charge in [0.15, 0.2) is 23.1 Å². The van der Waals surface area contributed by atoms with Gasteiger partial charge in [-0.15, -0.1) is 0 Å². The molecular weight excluding hydrogens is 249 g/mol. The van der Waals surface area contributed by atoms with Gasteiger partial charge in [0.1, 0.15) is 0 Å². The Kier molecular flexibility index (Phi) is 3.62. The van der Waals surface area contributed by atoms with Crippen molar-refractivity contribution in [2.45, 2.75) is 13.1 Å². The van der Waals surface area contributed by atoms with E-state index in [9.17, 15) is 18.0 Å². The first kappa shape index (κ1) is 12.6. The molecule has 0 atom stereocenters. The molecule has 1 rings (SSSR count). The molecule has 0 spiro atoms. The van der Waals surface area contributed by atoms with Crippen LogP contribution in [-0.4, -0.2) is 24.0 Å². The fraction of sp³-hybridized carbons (Fsp3) is 0.375. The van der Waals surface area contributed by atoms with E-state index in [0.29, 0.717) is 0 Å². The summed E-state index contributed by atoms with van der Waals surface area (Å²) in [4.78, 5) is 13.5. The maximum Gasteiger partial charge on any atom is 0.437 e. The molecule has 0 aliphatic carbocycles. The summed E-state index contributed by atoms with van der Waals surface area (Å²) in [6, 6.07) is 0. The lowest BCUT2D eigenvalue weighted by molar-refractivity contribution is -0.0959. The number of ether oxygens (including phenoxy) is 1. The Morgan fingerprint density at radius 1 is 1.56 bits per heavy atom. The van der Waals surface area contributed by atoms with Gasteiger partial charge in [0.05, 0.1) is 6.61 Å². The number of nitrogens with one attached hydrogen (secondary N) is 1. The molecule has 0 aromatic heterocycles. The summed E-state index contributed by atoms with van der Waals surface area (Å²) in [7, 11) is 0. The number of rotatable bonds is 2. The number of hydrogen-bond donors (Lipinski definition) is 1. The van der Waals surface area contributed by atoms with Crippen molar-refractivity contribution in [2.24, 2.45) is 4.99 Å². The molecule has 1 N–H and O–H groups in total. The Morgan fingerprint density at radius 3 is 2.62 bits per heavy atom. The Morgan fingerprint density at radius 2 is 2.19 bits per heavy atom. The highest BCUT2D eigenvalue weighted by atomic mass is 35.5. The highest BCUT2D eigenvalue weighted by Gasteiger charge is 2.41. The molecule has 0 fully saturated rings. The van der Waals surface area contributed by atoms with Gasteiger partial charge in [-0.25, -0.2) is 9.79 Å². The van der Waals surface area contributed by atoms with Crippen molar-refractivity contribution in [3.63, 3.8) is 0 Å². The summed E-state index contributed by atoms with van der Waals surface area (Å²) in [6.45, 7) is 1.43. The van der Waals surface area contributed by atoms with Gasteiger partial charge >= 0.3 is 6.18 Å². The topological polar surface area (TPSA) is 50.7 Å². The number of aliphatic imine (C=N–C) groups is 1. The Balaban J connectivity index is 3.35. The monoisotopic (exact) mass is 254 g/mol. The summed E-state index contributed by atoms with van der Waals surface area (Å²) in [5, 5.41) is 1.57. The molecule has 1 aliphatic rings. The number of nitrogens with zero attached hydrogens (tertiary/aromatic N) is 1. The second-order valence-electron chi connectivity index (χ2n) is 2.61. The third-order valence-corrected chi connectivity index (χ3v) is 1.72. The highest BCUT2D eigenvalue weighted by Crippen LogP contribution is 2.33. The van der Waals surface area contributed by atoms with Crippen LogP contribution in [-0.2, 0) is 9.53 Å². The minimum absolute atomic E-state index is 0.0467. The van der Waals surface area contributed by atoms with Crippen molar-refractivity contribution >= 4 is 22.8 Å². The minimum Gasteiger partial charge on any atom is -0.489 e. The predicted octanol–water partition coefficient (Wildman–Crippen LogP) is 1.71. The van der Waals surface area contributed by atoms with Crippen LogP contribution in [0.3, 0.4) is 0 Å². The zero-order chi connectivity index (χ0) is 12.3. The lowest BCUT2D eigenvalue weighted by atomic mass is 10.2. The van der Waals surface area contributed by atoms with E-state index in [0.717, 1.165) is 0 Å². The van der Waals surface area contributed by atoms with E-state index >= 15 is 0 Å². The van der Waals surface area contributed by atoms with Crippen molar-refractivity contribution < 1.29 is 22.7 Å². The molecule has 1 aliphatic heterocycles. The van der Waals surface area contributed by atoms with Gasteiger partial charge in [-0.05, 0) is 18.5 Å². The zero-order valence-electron chi connectivity index (χ0n) is 7.98. The second-order valence-corrected chi connectivity index (χ2v) is 2.97. The van der Waals surface area contributed by atoms with Gasteiger partial charge in [0, 0.05) is 0 Å². The molecule has 0 aromatic carbocycles. The average molecular weight is 255 g/mol. The molecular formula is C8H6ClF3N2O2. The van der Waals surface area contributed by atoms with Crippen LogP contribution >= 0.6 is 11.6 Å².